The summed E-state index contributed by atoms with van der Waals surface area (Å²) in [6.45, 7) is 2.36. The number of rotatable bonds is 7. The number of benzene rings is 2. The first-order valence-electron chi connectivity index (χ1n) is 9.44. The Bertz CT molecular complexity index is 1250. The first-order valence-corrected chi connectivity index (χ1v) is 10.4. The van der Waals surface area contributed by atoms with E-state index in [0.717, 1.165) is 28.0 Å². The third-order valence-corrected chi connectivity index (χ3v) is 5.81. The molecule has 4 rings (SSSR count). The van der Waals surface area contributed by atoms with Crippen LogP contribution in [0.25, 0.3) is 10.9 Å². The lowest BCUT2D eigenvalue weighted by atomic mass is 10.2. The fourth-order valence-corrected chi connectivity index (χ4v) is 3.98. The van der Waals surface area contributed by atoms with Gasteiger partial charge in [0.05, 0.1) is 12.6 Å². The molecule has 0 saturated heterocycles. The molecule has 1 N–H and O–H groups in total. The third-order valence-electron chi connectivity index (χ3n) is 4.74. The van der Waals surface area contributed by atoms with E-state index in [1.807, 2.05) is 54.9 Å². The van der Waals surface area contributed by atoms with Crippen LogP contribution in [0.2, 0.25) is 0 Å². The fourth-order valence-electron chi connectivity index (χ4n) is 3.14. The van der Waals surface area contributed by atoms with E-state index in [0.29, 0.717) is 29.0 Å². The maximum absolute atomic E-state index is 12.5. The lowest BCUT2D eigenvalue weighted by molar-refractivity contribution is 0.290. The van der Waals surface area contributed by atoms with Gasteiger partial charge in [-0.3, -0.25) is 4.79 Å². The van der Waals surface area contributed by atoms with Gasteiger partial charge < -0.3 is 19.0 Å². The number of methoxy groups -OCH3 is 1. The highest BCUT2D eigenvalue weighted by Gasteiger charge is 2.12. The molecule has 4 aromatic rings. The molecule has 0 saturated carbocycles. The lowest BCUT2D eigenvalue weighted by Gasteiger charge is -2.08. The van der Waals surface area contributed by atoms with Crippen LogP contribution < -0.4 is 14.9 Å². The predicted octanol–water partition coefficient (Wildman–Crippen LogP) is 3.84. The molecule has 7 nitrogen and oxygen atoms in total. The lowest BCUT2D eigenvalue weighted by Crippen LogP contribution is -2.06. The van der Waals surface area contributed by atoms with Gasteiger partial charge >= 0.3 is 0 Å². The summed E-state index contributed by atoms with van der Waals surface area (Å²) in [6.07, 6.45) is 0. The molecule has 2 heterocycles. The smallest absolute Gasteiger partial charge is 0.191 e. The van der Waals surface area contributed by atoms with Crippen LogP contribution in [-0.2, 0) is 19.4 Å². The van der Waals surface area contributed by atoms with Gasteiger partial charge in [-0.1, -0.05) is 30.0 Å². The van der Waals surface area contributed by atoms with E-state index in [4.69, 9.17) is 9.47 Å². The summed E-state index contributed by atoms with van der Waals surface area (Å²) in [5.41, 5.74) is 2.60. The van der Waals surface area contributed by atoms with Crippen LogP contribution >= 0.6 is 11.8 Å². The van der Waals surface area contributed by atoms with Crippen LogP contribution in [0, 0.1) is 6.92 Å². The molecule has 0 radical (unpaired) electrons. The summed E-state index contributed by atoms with van der Waals surface area (Å²) < 4.78 is 13.1. The van der Waals surface area contributed by atoms with Crippen molar-refractivity contribution in [3.05, 3.63) is 75.8 Å². The number of aromatic nitrogens is 4. The van der Waals surface area contributed by atoms with Crippen molar-refractivity contribution in [3.8, 4) is 11.5 Å². The van der Waals surface area contributed by atoms with Crippen molar-refractivity contribution in [2.45, 2.75) is 24.4 Å². The second-order valence-electron chi connectivity index (χ2n) is 6.89. The second kappa shape index (κ2) is 8.62. The number of aryl methyl sites for hydroxylation is 1. The molecule has 0 unspecified atom stereocenters. The van der Waals surface area contributed by atoms with E-state index in [1.54, 1.807) is 19.2 Å². The second-order valence-corrected chi connectivity index (χ2v) is 7.84. The number of ether oxygens (including phenoxy) is 2. The standard InChI is InChI=1S/C22H22N4O3S/c1-14-6-4-7-16(10-14)29-12-20-24-25-22(26(20)2)30-13-15-11-18(27)17-8-5-9-19(28-3)21(17)23-15/h4-11H,12-13H2,1-3H3,(H,23,27). The molecule has 2 aromatic carbocycles. The zero-order chi connectivity index (χ0) is 21.1. The zero-order valence-corrected chi connectivity index (χ0v) is 17.8. The molecule has 0 aliphatic rings. The number of hydrogen-bond acceptors (Lipinski definition) is 6. The molecular formula is C22H22N4O3S. The van der Waals surface area contributed by atoms with Crippen LogP contribution in [-0.4, -0.2) is 26.9 Å². The number of nitrogens with one attached hydrogen (secondary N) is 1. The molecule has 2 aromatic heterocycles. The van der Waals surface area contributed by atoms with Crippen molar-refractivity contribution >= 4 is 22.7 Å². The van der Waals surface area contributed by atoms with Gasteiger partial charge in [0.2, 0.25) is 0 Å². The number of hydrogen-bond donors (Lipinski definition) is 1. The largest absolute Gasteiger partial charge is 0.495 e. The Morgan fingerprint density at radius 3 is 2.77 bits per heavy atom. The van der Waals surface area contributed by atoms with Crippen molar-refractivity contribution < 1.29 is 9.47 Å². The summed E-state index contributed by atoms with van der Waals surface area (Å²) in [4.78, 5) is 15.8. The van der Waals surface area contributed by atoms with Crippen molar-refractivity contribution in [2.75, 3.05) is 7.11 Å². The first kappa shape index (κ1) is 20.0. The monoisotopic (exact) mass is 422 g/mol. The molecule has 0 spiro atoms. The van der Waals surface area contributed by atoms with Crippen molar-refractivity contribution in [2.24, 2.45) is 7.05 Å². The molecule has 0 atom stereocenters. The number of thioether (sulfide) groups is 1. The molecule has 0 amide bonds. The molecule has 0 aliphatic carbocycles. The Kier molecular flexibility index (Phi) is 5.76. The topological polar surface area (TPSA) is 82.0 Å². The van der Waals surface area contributed by atoms with Crippen LogP contribution in [0.1, 0.15) is 17.1 Å². The van der Waals surface area contributed by atoms with Gasteiger partial charge in [0.15, 0.2) is 16.4 Å². The Morgan fingerprint density at radius 2 is 1.97 bits per heavy atom. The van der Waals surface area contributed by atoms with Gasteiger partial charge in [-0.2, -0.15) is 0 Å². The average molecular weight is 423 g/mol. The van der Waals surface area contributed by atoms with E-state index >= 15 is 0 Å². The van der Waals surface area contributed by atoms with Gasteiger partial charge in [-0.15, -0.1) is 10.2 Å². The SMILES string of the molecule is COc1cccc2c(=O)cc(CSc3nnc(COc4cccc(C)c4)n3C)[nH]c12. The minimum absolute atomic E-state index is 0.0385. The fraction of sp³-hybridized carbons (Fsp3) is 0.227. The highest BCUT2D eigenvalue weighted by molar-refractivity contribution is 7.98. The van der Waals surface area contributed by atoms with Gasteiger partial charge in [0, 0.05) is 29.9 Å². The Balaban J connectivity index is 1.47. The van der Waals surface area contributed by atoms with Crippen LogP contribution in [0.4, 0.5) is 0 Å². The number of aromatic amines is 1. The summed E-state index contributed by atoms with van der Waals surface area (Å²) in [5.74, 6) is 2.72. The molecule has 8 heteroatoms. The van der Waals surface area contributed by atoms with Crippen molar-refractivity contribution in [1.29, 1.82) is 0 Å². The van der Waals surface area contributed by atoms with E-state index < -0.39 is 0 Å². The zero-order valence-electron chi connectivity index (χ0n) is 17.0. The Morgan fingerprint density at radius 1 is 1.13 bits per heavy atom. The average Bonchev–Trinajstić information content (AvgIpc) is 3.10. The quantitative estimate of drug-likeness (QED) is 0.456. The number of pyridine rings is 1. The molecule has 30 heavy (non-hydrogen) atoms. The van der Waals surface area contributed by atoms with E-state index in [2.05, 4.69) is 15.2 Å². The Hall–Kier alpha value is -3.26. The van der Waals surface area contributed by atoms with E-state index in [1.165, 1.54) is 11.8 Å². The number of H-pyrrole nitrogens is 1. The van der Waals surface area contributed by atoms with Gasteiger partial charge in [-0.25, -0.2) is 0 Å². The molecule has 0 fully saturated rings. The van der Waals surface area contributed by atoms with Gasteiger partial charge in [0.1, 0.15) is 18.1 Å². The molecular weight excluding hydrogens is 400 g/mol. The maximum atomic E-state index is 12.5. The summed E-state index contributed by atoms with van der Waals surface area (Å²) in [7, 11) is 3.50. The highest BCUT2D eigenvalue weighted by Crippen LogP contribution is 2.25. The minimum Gasteiger partial charge on any atom is -0.495 e. The number of nitrogens with zero attached hydrogens (tertiary/aromatic N) is 3. The minimum atomic E-state index is -0.0385. The molecule has 0 aliphatic heterocycles. The summed E-state index contributed by atoms with van der Waals surface area (Å²) >= 11 is 1.50. The number of fused-ring (bicyclic) bond motifs is 1. The highest BCUT2D eigenvalue weighted by atomic mass is 32.2. The Labute approximate surface area is 178 Å². The first-order chi connectivity index (χ1) is 14.5. The van der Waals surface area contributed by atoms with Crippen molar-refractivity contribution in [3.63, 3.8) is 0 Å². The summed E-state index contributed by atoms with van der Waals surface area (Å²) in [6, 6.07) is 14.9. The van der Waals surface area contributed by atoms with Crippen LogP contribution in [0.15, 0.2) is 58.5 Å². The predicted molar refractivity (Wildman–Crippen MR) is 117 cm³/mol. The molecule has 154 valence electrons. The van der Waals surface area contributed by atoms with E-state index in [9.17, 15) is 4.79 Å². The van der Waals surface area contributed by atoms with Gasteiger partial charge in [0.25, 0.3) is 0 Å². The van der Waals surface area contributed by atoms with Crippen LogP contribution in [0.3, 0.4) is 0 Å². The molecule has 0 bridgehead atoms. The van der Waals surface area contributed by atoms with Gasteiger partial charge in [-0.05, 0) is 36.8 Å². The van der Waals surface area contributed by atoms with Crippen molar-refractivity contribution in [1.82, 2.24) is 19.7 Å². The van der Waals surface area contributed by atoms with Crippen LogP contribution in [0.5, 0.6) is 11.5 Å². The normalized spacial score (nSPS) is 11.0. The maximum Gasteiger partial charge on any atom is 0.191 e. The number of para-hydroxylation sites is 1. The van der Waals surface area contributed by atoms with E-state index in [-0.39, 0.29) is 5.43 Å². The third kappa shape index (κ3) is 4.18. The summed E-state index contributed by atoms with van der Waals surface area (Å²) in [5, 5.41) is 9.85.